The van der Waals surface area contributed by atoms with Gasteiger partial charge in [-0.1, -0.05) is 18.2 Å². The SMILES string of the molecule is Cn1cc(S(=O)(=O)N2CCCC2)cc1C(=O)NC1CCOc2ccccc21. The molecular formula is C19H23N3O4S. The van der Waals surface area contributed by atoms with Crippen LogP contribution >= 0.6 is 0 Å². The summed E-state index contributed by atoms with van der Waals surface area (Å²) in [4.78, 5) is 13.0. The molecule has 4 rings (SSSR count). The molecule has 8 heteroatoms. The Labute approximate surface area is 159 Å². The summed E-state index contributed by atoms with van der Waals surface area (Å²) in [6.45, 7) is 1.61. The zero-order valence-electron chi connectivity index (χ0n) is 15.2. The van der Waals surface area contributed by atoms with Gasteiger partial charge in [0.05, 0.1) is 12.6 Å². The van der Waals surface area contributed by atoms with Crippen LogP contribution in [0.2, 0.25) is 0 Å². The maximum Gasteiger partial charge on any atom is 0.268 e. The minimum atomic E-state index is -3.54. The Balaban J connectivity index is 1.56. The van der Waals surface area contributed by atoms with E-state index < -0.39 is 10.0 Å². The Morgan fingerprint density at radius 3 is 2.74 bits per heavy atom. The number of rotatable bonds is 4. The van der Waals surface area contributed by atoms with Crippen molar-refractivity contribution in [2.75, 3.05) is 19.7 Å². The van der Waals surface area contributed by atoms with E-state index in [1.807, 2.05) is 24.3 Å². The first-order chi connectivity index (χ1) is 13.0. The number of hydrogen-bond donors (Lipinski definition) is 1. The van der Waals surface area contributed by atoms with E-state index in [0.29, 0.717) is 31.8 Å². The van der Waals surface area contributed by atoms with Crippen molar-refractivity contribution in [2.24, 2.45) is 7.05 Å². The van der Waals surface area contributed by atoms with Gasteiger partial charge in [0.1, 0.15) is 16.3 Å². The van der Waals surface area contributed by atoms with E-state index in [9.17, 15) is 13.2 Å². The van der Waals surface area contributed by atoms with Crippen molar-refractivity contribution < 1.29 is 17.9 Å². The number of hydrogen-bond acceptors (Lipinski definition) is 4. The third-order valence-corrected chi connectivity index (χ3v) is 7.04. The minimum Gasteiger partial charge on any atom is -0.493 e. The lowest BCUT2D eigenvalue weighted by molar-refractivity contribution is 0.0916. The quantitative estimate of drug-likeness (QED) is 0.868. The van der Waals surface area contributed by atoms with Crippen LogP contribution in [-0.4, -0.2) is 42.9 Å². The third kappa shape index (κ3) is 3.35. The number of aromatic nitrogens is 1. The van der Waals surface area contributed by atoms with Gasteiger partial charge in [0, 0.05) is 38.3 Å². The fourth-order valence-corrected chi connectivity index (χ4v) is 5.29. The Bertz CT molecular complexity index is 961. The van der Waals surface area contributed by atoms with Gasteiger partial charge in [-0.15, -0.1) is 0 Å². The van der Waals surface area contributed by atoms with E-state index in [4.69, 9.17) is 4.74 Å². The molecule has 1 N–H and O–H groups in total. The van der Waals surface area contributed by atoms with Crippen molar-refractivity contribution in [2.45, 2.75) is 30.2 Å². The monoisotopic (exact) mass is 389 g/mol. The molecular weight excluding hydrogens is 366 g/mol. The summed E-state index contributed by atoms with van der Waals surface area (Å²) in [5.74, 6) is 0.486. The highest BCUT2D eigenvalue weighted by Crippen LogP contribution is 2.32. The lowest BCUT2D eigenvalue weighted by atomic mass is 10.0. The standard InChI is InChI=1S/C19H23N3O4S/c1-21-13-14(27(24,25)22-9-4-5-10-22)12-17(21)19(23)20-16-8-11-26-18-7-3-2-6-15(16)18/h2-3,6-7,12-13,16H,4-5,8-11H2,1H3,(H,20,23). The van der Waals surface area contributed by atoms with E-state index in [1.54, 1.807) is 11.6 Å². The first kappa shape index (κ1) is 18.1. The molecule has 2 aromatic rings. The summed E-state index contributed by atoms with van der Waals surface area (Å²) >= 11 is 0. The van der Waals surface area contributed by atoms with Crippen LogP contribution in [0.25, 0.3) is 0 Å². The maximum absolute atomic E-state index is 12.8. The van der Waals surface area contributed by atoms with Crippen molar-refractivity contribution in [1.29, 1.82) is 0 Å². The smallest absolute Gasteiger partial charge is 0.268 e. The molecule has 0 bridgehead atoms. The largest absolute Gasteiger partial charge is 0.493 e. The highest BCUT2D eigenvalue weighted by atomic mass is 32.2. The topological polar surface area (TPSA) is 80.6 Å². The predicted octanol–water partition coefficient (Wildman–Crippen LogP) is 2.06. The first-order valence-corrected chi connectivity index (χ1v) is 10.6. The lowest BCUT2D eigenvalue weighted by Crippen LogP contribution is -2.33. The number of para-hydroxylation sites is 1. The lowest BCUT2D eigenvalue weighted by Gasteiger charge is -2.26. The molecule has 7 nitrogen and oxygen atoms in total. The molecule has 1 atom stereocenters. The molecule has 2 aliphatic heterocycles. The van der Waals surface area contributed by atoms with E-state index in [2.05, 4.69) is 5.32 Å². The fourth-order valence-electron chi connectivity index (χ4n) is 3.70. The van der Waals surface area contributed by atoms with Gasteiger partial charge in [-0.3, -0.25) is 4.79 Å². The normalized spacial score (nSPS) is 20.1. The first-order valence-electron chi connectivity index (χ1n) is 9.16. The summed E-state index contributed by atoms with van der Waals surface area (Å²) in [5.41, 5.74) is 1.27. The highest BCUT2D eigenvalue weighted by molar-refractivity contribution is 7.89. The molecule has 0 spiro atoms. The van der Waals surface area contributed by atoms with Crippen LogP contribution in [-0.2, 0) is 17.1 Å². The third-order valence-electron chi connectivity index (χ3n) is 5.18. The number of benzene rings is 1. The Kier molecular flexibility index (Phi) is 4.69. The van der Waals surface area contributed by atoms with Gasteiger partial charge < -0.3 is 14.6 Å². The number of sulfonamides is 1. The summed E-state index contributed by atoms with van der Waals surface area (Å²) in [7, 11) is -1.85. The van der Waals surface area contributed by atoms with E-state index in [0.717, 1.165) is 24.2 Å². The van der Waals surface area contributed by atoms with Gasteiger partial charge >= 0.3 is 0 Å². The van der Waals surface area contributed by atoms with E-state index in [-0.39, 0.29) is 16.8 Å². The predicted molar refractivity (Wildman–Crippen MR) is 100 cm³/mol. The van der Waals surface area contributed by atoms with Crippen molar-refractivity contribution in [1.82, 2.24) is 14.2 Å². The summed E-state index contributed by atoms with van der Waals surface area (Å²) in [5, 5.41) is 3.02. The van der Waals surface area contributed by atoms with Crippen LogP contribution in [0.1, 0.15) is 41.4 Å². The number of fused-ring (bicyclic) bond motifs is 1. The second kappa shape index (κ2) is 7.01. The van der Waals surface area contributed by atoms with Gasteiger partial charge in [-0.05, 0) is 25.0 Å². The van der Waals surface area contributed by atoms with Crippen LogP contribution in [0, 0.1) is 0 Å². The van der Waals surface area contributed by atoms with Crippen LogP contribution in [0.3, 0.4) is 0 Å². The molecule has 0 aliphatic carbocycles. The zero-order chi connectivity index (χ0) is 19.0. The zero-order valence-corrected chi connectivity index (χ0v) is 16.0. The number of nitrogens with one attached hydrogen (secondary N) is 1. The molecule has 3 heterocycles. The van der Waals surface area contributed by atoms with Crippen molar-refractivity contribution in [3.8, 4) is 5.75 Å². The van der Waals surface area contributed by atoms with Crippen molar-refractivity contribution in [3.63, 3.8) is 0 Å². The Morgan fingerprint density at radius 2 is 1.96 bits per heavy atom. The van der Waals surface area contributed by atoms with Gasteiger partial charge in [-0.25, -0.2) is 8.42 Å². The van der Waals surface area contributed by atoms with E-state index >= 15 is 0 Å². The molecule has 144 valence electrons. The van der Waals surface area contributed by atoms with E-state index in [1.165, 1.54) is 16.6 Å². The van der Waals surface area contributed by atoms with Crippen molar-refractivity contribution >= 4 is 15.9 Å². The second-order valence-electron chi connectivity index (χ2n) is 6.98. The molecule has 1 aromatic carbocycles. The minimum absolute atomic E-state index is 0.156. The van der Waals surface area contributed by atoms with Crippen LogP contribution in [0.15, 0.2) is 41.4 Å². The molecule has 1 unspecified atom stereocenters. The Morgan fingerprint density at radius 1 is 1.22 bits per heavy atom. The van der Waals surface area contributed by atoms with Crippen LogP contribution < -0.4 is 10.1 Å². The molecule has 2 aliphatic rings. The summed E-state index contributed by atoms with van der Waals surface area (Å²) in [6.07, 6.45) is 3.94. The number of amides is 1. The highest BCUT2D eigenvalue weighted by Gasteiger charge is 2.30. The maximum atomic E-state index is 12.8. The number of ether oxygens (including phenoxy) is 1. The van der Waals surface area contributed by atoms with Crippen LogP contribution in [0.5, 0.6) is 5.75 Å². The molecule has 0 radical (unpaired) electrons. The van der Waals surface area contributed by atoms with Gasteiger partial charge in [0.25, 0.3) is 5.91 Å². The van der Waals surface area contributed by atoms with Gasteiger partial charge in [-0.2, -0.15) is 4.31 Å². The molecule has 1 aromatic heterocycles. The number of aryl methyl sites for hydroxylation is 1. The number of carbonyl (C=O) groups excluding carboxylic acids is 1. The molecule has 27 heavy (non-hydrogen) atoms. The average Bonchev–Trinajstić information content (AvgIpc) is 3.32. The second-order valence-corrected chi connectivity index (χ2v) is 8.92. The molecule has 0 saturated carbocycles. The van der Waals surface area contributed by atoms with Crippen molar-refractivity contribution in [3.05, 3.63) is 47.8 Å². The van der Waals surface area contributed by atoms with Gasteiger partial charge in [0.15, 0.2) is 0 Å². The molecule has 1 fully saturated rings. The molecule has 1 amide bonds. The fraction of sp³-hybridized carbons (Fsp3) is 0.421. The average molecular weight is 389 g/mol. The summed E-state index contributed by atoms with van der Waals surface area (Å²) < 4.78 is 34.2. The number of nitrogens with zero attached hydrogens (tertiary/aromatic N) is 2. The number of carbonyl (C=O) groups is 1. The van der Waals surface area contributed by atoms with Crippen LogP contribution in [0.4, 0.5) is 0 Å². The summed E-state index contributed by atoms with van der Waals surface area (Å²) in [6, 6.07) is 8.95. The Hall–Kier alpha value is -2.32. The molecule has 1 saturated heterocycles. The van der Waals surface area contributed by atoms with Gasteiger partial charge in [0.2, 0.25) is 10.0 Å².